The average molecular weight is 708 g/mol. The second kappa shape index (κ2) is 34.9. The van der Waals surface area contributed by atoms with Crippen molar-refractivity contribution in [2.45, 2.75) is 226 Å². The van der Waals surface area contributed by atoms with Crippen LogP contribution in [0.1, 0.15) is 220 Å². The van der Waals surface area contributed by atoms with Crippen molar-refractivity contribution in [2.75, 3.05) is 32.8 Å². The third kappa shape index (κ3) is 27.5. The van der Waals surface area contributed by atoms with Crippen molar-refractivity contribution < 1.29 is 24.2 Å². The molecular weight excluding hydrogens is 622 g/mol. The summed E-state index contributed by atoms with van der Waals surface area (Å²) in [6.45, 7) is 10.3. The number of aliphatic hydroxyl groups is 1. The molecule has 6 nitrogen and oxygen atoms in total. The number of ether oxygens (including phenoxy) is 2. The second-order valence-electron chi connectivity index (χ2n) is 15.8. The third-order valence-corrected chi connectivity index (χ3v) is 11.0. The first-order valence-corrected chi connectivity index (χ1v) is 22.2. The molecule has 2 unspecified atom stereocenters. The number of likely N-dealkylation sites (tertiary alicyclic amines) is 1. The Hall–Kier alpha value is -1.14. The van der Waals surface area contributed by atoms with Gasteiger partial charge < -0.3 is 19.5 Å². The van der Waals surface area contributed by atoms with Gasteiger partial charge in [0.15, 0.2) is 0 Å². The maximum absolute atomic E-state index is 12.8. The van der Waals surface area contributed by atoms with Crippen LogP contribution in [0.4, 0.5) is 0 Å². The Balaban J connectivity index is 2.29. The lowest BCUT2D eigenvalue weighted by atomic mass is 9.87. The van der Waals surface area contributed by atoms with Gasteiger partial charge in [-0.2, -0.15) is 0 Å². The first-order chi connectivity index (χ1) is 24.5. The van der Waals surface area contributed by atoms with E-state index in [1.807, 2.05) is 0 Å². The van der Waals surface area contributed by atoms with E-state index in [0.717, 1.165) is 83.8 Å². The second-order valence-corrected chi connectivity index (χ2v) is 15.8. The van der Waals surface area contributed by atoms with Crippen molar-refractivity contribution >= 4 is 11.9 Å². The van der Waals surface area contributed by atoms with E-state index in [1.165, 1.54) is 122 Å². The van der Waals surface area contributed by atoms with Crippen molar-refractivity contribution in [1.82, 2.24) is 4.90 Å². The molecule has 0 bridgehead atoms. The number of hydrogen-bond donors (Lipinski definition) is 1. The monoisotopic (exact) mass is 708 g/mol. The molecule has 296 valence electrons. The number of carbonyl (C=O) groups is 2. The summed E-state index contributed by atoms with van der Waals surface area (Å²) >= 11 is 0. The number of nitrogens with zero attached hydrogens (tertiary/aromatic N) is 1. The van der Waals surface area contributed by atoms with Crippen molar-refractivity contribution in [3.63, 3.8) is 0 Å². The molecule has 1 N–H and O–H groups in total. The molecule has 0 saturated carbocycles. The van der Waals surface area contributed by atoms with Gasteiger partial charge in [0, 0.05) is 32.5 Å². The Labute approximate surface area is 311 Å². The van der Waals surface area contributed by atoms with Gasteiger partial charge in [-0.3, -0.25) is 9.59 Å². The van der Waals surface area contributed by atoms with Crippen molar-refractivity contribution in [3.8, 4) is 0 Å². The molecule has 1 rings (SSSR count). The molecule has 0 aromatic carbocycles. The highest BCUT2D eigenvalue weighted by atomic mass is 16.5. The number of unbranched alkanes of at least 4 members (excludes halogenated alkanes) is 20. The zero-order chi connectivity index (χ0) is 36.3. The van der Waals surface area contributed by atoms with E-state index in [-0.39, 0.29) is 24.6 Å². The fraction of sp³-hybridized carbons (Fsp3) is 0.955. The first-order valence-electron chi connectivity index (χ1n) is 22.2. The maximum Gasteiger partial charge on any atom is 0.306 e. The zero-order valence-electron chi connectivity index (χ0n) is 33.7. The molecule has 2 atom stereocenters. The van der Waals surface area contributed by atoms with Crippen LogP contribution in [0.2, 0.25) is 0 Å². The molecule has 0 aliphatic carbocycles. The van der Waals surface area contributed by atoms with Gasteiger partial charge in [-0.1, -0.05) is 149 Å². The molecular formula is C44H85NO5. The van der Waals surface area contributed by atoms with E-state index in [0.29, 0.717) is 31.3 Å². The number of β-amino-alcohol motifs (C(OH)–C–C–N with tert-alkyl or cyclic N) is 1. The molecule has 6 heteroatoms. The van der Waals surface area contributed by atoms with E-state index in [9.17, 15) is 14.7 Å². The van der Waals surface area contributed by atoms with Crippen LogP contribution in [0.15, 0.2) is 0 Å². The number of aliphatic hydroxyl groups excluding tert-OH is 1. The quantitative estimate of drug-likeness (QED) is 0.0512. The number of hydrogen-bond acceptors (Lipinski definition) is 6. The van der Waals surface area contributed by atoms with Crippen molar-refractivity contribution in [2.24, 2.45) is 11.8 Å². The largest absolute Gasteiger partial charge is 0.466 e. The summed E-state index contributed by atoms with van der Waals surface area (Å²) in [5.74, 6) is 1.13. The Bertz CT molecular complexity index is 745. The smallest absolute Gasteiger partial charge is 0.306 e. The van der Waals surface area contributed by atoms with Crippen LogP contribution in [0.5, 0.6) is 0 Å². The SMILES string of the molecule is CCCCCCCCCCCOC(=O)CCCC1CN(CCO)CC1CCCCCC(=O)OC(CCCCCCCC)CCCCCCCC. The molecule has 1 fully saturated rings. The molecule has 1 aliphatic rings. The summed E-state index contributed by atoms with van der Waals surface area (Å²) in [5, 5.41) is 9.54. The normalized spacial score (nSPS) is 16.4. The summed E-state index contributed by atoms with van der Waals surface area (Å²) < 4.78 is 11.6. The fourth-order valence-electron chi connectivity index (χ4n) is 7.86. The van der Waals surface area contributed by atoms with E-state index >= 15 is 0 Å². The van der Waals surface area contributed by atoms with Gasteiger partial charge >= 0.3 is 11.9 Å². The van der Waals surface area contributed by atoms with Crippen LogP contribution >= 0.6 is 0 Å². The molecule has 1 heterocycles. The number of esters is 2. The minimum Gasteiger partial charge on any atom is -0.466 e. The lowest BCUT2D eigenvalue weighted by molar-refractivity contribution is -0.150. The van der Waals surface area contributed by atoms with Crippen LogP contribution in [-0.2, 0) is 19.1 Å². The molecule has 50 heavy (non-hydrogen) atoms. The Morgan fingerprint density at radius 1 is 0.560 bits per heavy atom. The minimum atomic E-state index is -0.0422. The van der Waals surface area contributed by atoms with Crippen LogP contribution in [0.3, 0.4) is 0 Å². The maximum atomic E-state index is 12.8. The molecule has 0 amide bonds. The van der Waals surface area contributed by atoms with Crippen LogP contribution in [0, 0.1) is 11.8 Å². The number of carbonyl (C=O) groups excluding carboxylic acids is 2. The summed E-state index contributed by atoms with van der Waals surface area (Å²) in [6.07, 6.45) is 36.1. The van der Waals surface area contributed by atoms with Gasteiger partial charge in [-0.05, 0) is 69.6 Å². The zero-order valence-corrected chi connectivity index (χ0v) is 33.7. The van der Waals surface area contributed by atoms with E-state index < -0.39 is 0 Å². The van der Waals surface area contributed by atoms with E-state index in [1.54, 1.807) is 0 Å². The van der Waals surface area contributed by atoms with E-state index in [2.05, 4.69) is 25.7 Å². The van der Waals surface area contributed by atoms with Crippen molar-refractivity contribution in [1.29, 1.82) is 0 Å². The van der Waals surface area contributed by atoms with Crippen molar-refractivity contribution in [3.05, 3.63) is 0 Å². The van der Waals surface area contributed by atoms with Gasteiger partial charge in [0.2, 0.25) is 0 Å². The Morgan fingerprint density at radius 3 is 1.52 bits per heavy atom. The van der Waals surface area contributed by atoms with Crippen LogP contribution in [-0.4, -0.2) is 60.9 Å². The Kier molecular flexibility index (Phi) is 32.7. The third-order valence-electron chi connectivity index (χ3n) is 11.0. The molecule has 0 aromatic heterocycles. The van der Waals surface area contributed by atoms with Crippen LogP contribution < -0.4 is 0 Å². The summed E-state index contributed by atoms with van der Waals surface area (Å²) in [7, 11) is 0. The average Bonchev–Trinajstić information content (AvgIpc) is 3.49. The van der Waals surface area contributed by atoms with Gasteiger partial charge in [0.05, 0.1) is 13.2 Å². The standard InChI is InChI=1S/C44H85NO5/c1-4-7-10-13-16-17-18-21-27-37-49-43(47)34-28-30-41-39-45(35-36-46)38-40(41)29-23-22-26-33-44(48)50-42(31-24-19-14-11-8-5-2)32-25-20-15-12-9-6-3/h40-42,46H,4-39H2,1-3H3. The highest BCUT2D eigenvalue weighted by molar-refractivity contribution is 5.69. The van der Waals surface area contributed by atoms with Gasteiger partial charge in [-0.25, -0.2) is 0 Å². The van der Waals surface area contributed by atoms with E-state index in [4.69, 9.17) is 9.47 Å². The molecule has 1 aliphatic heterocycles. The molecule has 0 spiro atoms. The summed E-state index contributed by atoms with van der Waals surface area (Å²) in [4.78, 5) is 27.6. The minimum absolute atomic E-state index is 0.00419. The number of rotatable bonds is 37. The molecule has 0 aromatic rings. The van der Waals surface area contributed by atoms with Crippen LogP contribution in [0.25, 0.3) is 0 Å². The summed E-state index contributed by atoms with van der Waals surface area (Å²) in [5.41, 5.74) is 0. The lowest BCUT2D eigenvalue weighted by Gasteiger charge is -2.19. The lowest BCUT2D eigenvalue weighted by Crippen LogP contribution is -2.24. The predicted octanol–water partition coefficient (Wildman–Crippen LogP) is 12.1. The highest BCUT2D eigenvalue weighted by Crippen LogP contribution is 2.32. The summed E-state index contributed by atoms with van der Waals surface area (Å²) in [6, 6.07) is 0. The van der Waals surface area contributed by atoms with Gasteiger partial charge in [0.25, 0.3) is 0 Å². The van der Waals surface area contributed by atoms with Gasteiger partial charge in [-0.15, -0.1) is 0 Å². The molecule has 0 radical (unpaired) electrons. The Morgan fingerprint density at radius 2 is 1.00 bits per heavy atom. The molecule has 1 saturated heterocycles. The van der Waals surface area contributed by atoms with Gasteiger partial charge in [0.1, 0.15) is 6.10 Å². The highest BCUT2D eigenvalue weighted by Gasteiger charge is 2.31. The predicted molar refractivity (Wildman–Crippen MR) is 211 cm³/mol. The fourth-order valence-corrected chi connectivity index (χ4v) is 7.86. The first kappa shape index (κ1) is 46.9. The topological polar surface area (TPSA) is 76.1 Å².